The molecule has 1 aromatic heterocycles. The fourth-order valence-electron chi connectivity index (χ4n) is 2.23. The molecule has 0 aliphatic carbocycles. The number of nitrogens with zero attached hydrogens (tertiary/aromatic N) is 2. The van der Waals surface area contributed by atoms with Crippen LogP contribution in [0.4, 0.5) is 0 Å². The summed E-state index contributed by atoms with van der Waals surface area (Å²) in [6, 6.07) is 7.57. The Morgan fingerprint density at radius 2 is 2.00 bits per heavy atom. The number of hydrogen-bond donors (Lipinski definition) is 2. The number of hydrogen-bond acceptors (Lipinski definition) is 4. The number of benzene rings is 1. The zero-order chi connectivity index (χ0) is 16.8. The predicted octanol–water partition coefficient (Wildman–Crippen LogP) is 3.49. The van der Waals surface area contributed by atoms with E-state index in [1.54, 1.807) is 0 Å². The van der Waals surface area contributed by atoms with Crippen molar-refractivity contribution in [2.24, 2.45) is 5.92 Å². The molecule has 0 fully saturated rings. The molecule has 6 heteroatoms. The summed E-state index contributed by atoms with van der Waals surface area (Å²) < 4.78 is 0. The Balaban J connectivity index is 2.06. The number of carbonyl (C=O) groups excluding carboxylic acids is 1. The molecule has 0 saturated heterocycles. The van der Waals surface area contributed by atoms with Gasteiger partial charge in [0, 0.05) is 11.3 Å². The number of carbonyl (C=O) groups is 1. The first-order chi connectivity index (χ1) is 11.0. The highest BCUT2D eigenvalue weighted by Gasteiger charge is 2.22. The lowest BCUT2D eigenvalue weighted by molar-refractivity contribution is 0.0923. The molecule has 124 valence electrons. The van der Waals surface area contributed by atoms with E-state index in [1.165, 1.54) is 5.56 Å². The van der Waals surface area contributed by atoms with E-state index in [0.717, 1.165) is 17.3 Å². The largest absolute Gasteiger partial charge is 0.342 e. The lowest BCUT2D eigenvalue weighted by atomic mass is 10.0. The molecule has 0 radical (unpaired) electrons. The van der Waals surface area contributed by atoms with Gasteiger partial charge in [0.1, 0.15) is 5.82 Å². The molecule has 23 heavy (non-hydrogen) atoms. The third-order valence-electron chi connectivity index (χ3n) is 3.53. The Kier molecular flexibility index (Phi) is 6.21. The van der Waals surface area contributed by atoms with E-state index in [1.807, 2.05) is 56.8 Å². The minimum atomic E-state index is -0.206. The van der Waals surface area contributed by atoms with Gasteiger partial charge in [-0.3, -0.25) is 9.89 Å². The van der Waals surface area contributed by atoms with Crippen LogP contribution >= 0.6 is 11.8 Å². The predicted molar refractivity (Wildman–Crippen MR) is 94.4 cm³/mol. The van der Waals surface area contributed by atoms with Gasteiger partial charge in [0.05, 0.1) is 6.04 Å². The van der Waals surface area contributed by atoms with Gasteiger partial charge in [0.25, 0.3) is 5.91 Å². The molecule has 0 aliphatic rings. The van der Waals surface area contributed by atoms with E-state index >= 15 is 0 Å². The van der Waals surface area contributed by atoms with Crippen LogP contribution in [0.1, 0.15) is 54.4 Å². The maximum atomic E-state index is 12.5. The molecule has 1 amide bonds. The summed E-state index contributed by atoms with van der Waals surface area (Å²) in [6.45, 7) is 8.08. The van der Waals surface area contributed by atoms with Crippen molar-refractivity contribution in [1.29, 1.82) is 0 Å². The Hall–Kier alpha value is -1.82. The Morgan fingerprint density at radius 3 is 2.52 bits per heavy atom. The minimum Gasteiger partial charge on any atom is -0.342 e. The standard InChI is InChI=1S/C17H24N4OS/c1-5-23-10-13-6-8-14(9-7-13)17(22)19-15(11(2)3)16-18-12(4)20-21-16/h6-9,11,15H,5,10H2,1-4H3,(H,19,22)(H,18,20,21)/t15-/m1/s1. The normalized spacial score (nSPS) is 12.4. The van der Waals surface area contributed by atoms with Crippen molar-refractivity contribution in [1.82, 2.24) is 20.5 Å². The fourth-order valence-corrected chi connectivity index (χ4v) is 2.86. The molecule has 1 heterocycles. The van der Waals surface area contributed by atoms with Gasteiger partial charge in [0.2, 0.25) is 0 Å². The van der Waals surface area contributed by atoms with E-state index in [0.29, 0.717) is 11.4 Å². The summed E-state index contributed by atoms with van der Waals surface area (Å²) in [6.07, 6.45) is 0. The van der Waals surface area contributed by atoms with Crippen LogP contribution in [0.25, 0.3) is 0 Å². The van der Waals surface area contributed by atoms with Crippen LogP contribution in [-0.4, -0.2) is 26.8 Å². The van der Waals surface area contributed by atoms with Crippen LogP contribution in [0, 0.1) is 12.8 Å². The molecule has 2 aromatic rings. The summed E-state index contributed by atoms with van der Waals surface area (Å²) in [7, 11) is 0. The fraction of sp³-hybridized carbons (Fsp3) is 0.471. The van der Waals surface area contributed by atoms with Crippen LogP contribution in [0.5, 0.6) is 0 Å². The van der Waals surface area contributed by atoms with E-state index in [-0.39, 0.29) is 17.9 Å². The molecular formula is C17H24N4OS. The smallest absolute Gasteiger partial charge is 0.251 e. The van der Waals surface area contributed by atoms with E-state index in [4.69, 9.17) is 0 Å². The minimum absolute atomic E-state index is 0.0964. The van der Waals surface area contributed by atoms with Gasteiger partial charge in [-0.25, -0.2) is 4.98 Å². The van der Waals surface area contributed by atoms with Crippen molar-refractivity contribution in [3.05, 3.63) is 47.0 Å². The second kappa shape index (κ2) is 8.15. The number of thioether (sulfide) groups is 1. The Labute approximate surface area is 141 Å². The summed E-state index contributed by atoms with van der Waals surface area (Å²) in [5.74, 6) is 3.55. The molecule has 2 N–H and O–H groups in total. The van der Waals surface area contributed by atoms with Crippen molar-refractivity contribution in [2.45, 2.75) is 39.5 Å². The van der Waals surface area contributed by atoms with Gasteiger partial charge in [-0.1, -0.05) is 32.9 Å². The number of rotatable bonds is 7. The average Bonchev–Trinajstić information content (AvgIpc) is 2.96. The van der Waals surface area contributed by atoms with Crippen LogP contribution < -0.4 is 5.32 Å². The van der Waals surface area contributed by atoms with E-state index < -0.39 is 0 Å². The third kappa shape index (κ3) is 4.82. The molecular weight excluding hydrogens is 308 g/mol. The highest BCUT2D eigenvalue weighted by atomic mass is 32.2. The summed E-state index contributed by atoms with van der Waals surface area (Å²) in [5.41, 5.74) is 1.89. The molecule has 0 aliphatic heterocycles. The first kappa shape index (κ1) is 17.5. The van der Waals surface area contributed by atoms with Gasteiger partial charge in [-0.15, -0.1) is 0 Å². The van der Waals surface area contributed by atoms with E-state index in [9.17, 15) is 4.79 Å². The molecule has 0 spiro atoms. The zero-order valence-corrected chi connectivity index (χ0v) is 14.9. The Morgan fingerprint density at radius 1 is 1.30 bits per heavy atom. The van der Waals surface area contributed by atoms with Crippen LogP contribution in [0.3, 0.4) is 0 Å². The monoisotopic (exact) mass is 332 g/mol. The molecule has 1 aromatic carbocycles. The number of H-pyrrole nitrogens is 1. The summed E-state index contributed by atoms with van der Waals surface area (Å²) in [5, 5.41) is 10.0. The summed E-state index contributed by atoms with van der Waals surface area (Å²) >= 11 is 1.87. The topological polar surface area (TPSA) is 70.7 Å². The Bertz CT molecular complexity index is 636. The highest BCUT2D eigenvalue weighted by Crippen LogP contribution is 2.19. The van der Waals surface area contributed by atoms with Gasteiger partial charge in [0.15, 0.2) is 5.82 Å². The van der Waals surface area contributed by atoms with Gasteiger partial charge in [-0.2, -0.15) is 16.9 Å². The van der Waals surface area contributed by atoms with Crippen LogP contribution in [-0.2, 0) is 5.75 Å². The molecule has 0 unspecified atom stereocenters. The number of aromatic nitrogens is 3. The maximum Gasteiger partial charge on any atom is 0.251 e. The van der Waals surface area contributed by atoms with Crippen molar-refractivity contribution in [3.63, 3.8) is 0 Å². The van der Waals surface area contributed by atoms with Crippen molar-refractivity contribution < 1.29 is 4.79 Å². The third-order valence-corrected chi connectivity index (χ3v) is 4.48. The van der Waals surface area contributed by atoms with Crippen molar-refractivity contribution >= 4 is 17.7 Å². The van der Waals surface area contributed by atoms with Gasteiger partial charge < -0.3 is 5.32 Å². The zero-order valence-electron chi connectivity index (χ0n) is 14.1. The first-order valence-electron chi connectivity index (χ1n) is 7.87. The second-order valence-electron chi connectivity index (χ2n) is 5.81. The van der Waals surface area contributed by atoms with Crippen molar-refractivity contribution in [2.75, 3.05) is 5.75 Å². The molecule has 0 saturated carbocycles. The molecule has 2 rings (SSSR count). The highest BCUT2D eigenvalue weighted by molar-refractivity contribution is 7.98. The molecule has 5 nitrogen and oxygen atoms in total. The number of aromatic amines is 1. The van der Waals surface area contributed by atoms with E-state index in [2.05, 4.69) is 27.4 Å². The first-order valence-corrected chi connectivity index (χ1v) is 9.03. The average molecular weight is 332 g/mol. The number of aryl methyl sites for hydroxylation is 1. The second-order valence-corrected chi connectivity index (χ2v) is 7.08. The molecule has 0 bridgehead atoms. The molecule has 1 atom stereocenters. The van der Waals surface area contributed by atoms with Gasteiger partial charge in [-0.05, 0) is 36.3 Å². The summed E-state index contributed by atoms with van der Waals surface area (Å²) in [4.78, 5) is 16.8. The SMILES string of the molecule is CCSCc1ccc(C(=O)N[C@@H](c2n[nH]c(C)n2)C(C)C)cc1. The number of amides is 1. The number of nitrogens with one attached hydrogen (secondary N) is 2. The lowest BCUT2D eigenvalue weighted by Crippen LogP contribution is -2.32. The van der Waals surface area contributed by atoms with Crippen LogP contribution in [0.2, 0.25) is 0 Å². The lowest BCUT2D eigenvalue weighted by Gasteiger charge is -2.19. The quantitative estimate of drug-likeness (QED) is 0.814. The van der Waals surface area contributed by atoms with Crippen LogP contribution in [0.15, 0.2) is 24.3 Å². The van der Waals surface area contributed by atoms with Crippen molar-refractivity contribution in [3.8, 4) is 0 Å². The van der Waals surface area contributed by atoms with Gasteiger partial charge >= 0.3 is 0 Å². The maximum absolute atomic E-state index is 12.5.